The van der Waals surface area contributed by atoms with Crippen molar-refractivity contribution in [2.75, 3.05) is 12.4 Å². The lowest BCUT2D eigenvalue weighted by Gasteiger charge is -2.07. The summed E-state index contributed by atoms with van der Waals surface area (Å²) in [6.07, 6.45) is 3.56. The van der Waals surface area contributed by atoms with E-state index < -0.39 is 0 Å². The summed E-state index contributed by atoms with van der Waals surface area (Å²) in [7, 11) is 1.78. The van der Waals surface area contributed by atoms with E-state index in [1.807, 2.05) is 6.07 Å². The Hall–Kier alpha value is -2.34. The first-order valence-corrected chi connectivity index (χ1v) is 6.96. The molecule has 0 fully saturated rings. The Morgan fingerprint density at radius 3 is 2.50 bits per heavy atom. The van der Waals surface area contributed by atoms with Gasteiger partial charge in [-0.25, -0.2) is 4.98 Å². The van der Waals surface area contributed by atoms with Gasteiger partial charge in [0.1, 0.15) is 11.9 Å². The van der Waals surface area contributed by atoms with Crippen molar-refractivity contribution in [2.45, 2.75) is 26.2 Å². The van der Waals surface area contributed by atoms with E-state index in [4.69, 9.17) is 5.26 Å². The van der Waals surface area contributed by atoms with Gasteiger partial charge in [-0.3, -0.25) is 0 Å². The fourth-order valence-corrected chi connectivity index (χ4v) is 2.12. The van der Waals surface area contributed by atoms with Gasteiger partial charge in [0.05, 0.1) is 11.3 Å². The van der Waals surface area contributed by atoms with Gasteiger partial charge < -0.3 is 5.32 Å². The Labute approximate surface area is 120 Å². The van der Waals surface area contributed by atoms with Crippen molar-refractivity contribution in [3.63, 3.8) is 0 Å². The monoisotopic (exact) mass is 265 g/mol. The molecule has 0 atom stereocenters. The third kappa shape index (κ3) is 3.16. The van der Waals surface area contributed by atoms with E-state index in [0.29, 0.717) is 11.4 Å². The number of unbranched alkanes of at least 4 members (excludes halogenated alkanes) is 1. The number of nitrogens with zero attached hydrogens (tertiary/aromatic N) is 2. The van der Waals surface area contributed by atoms with Crippen molar-refractivity contribution in [3.05, 3.63) is 47.5 Å². The number of aromatic nitrogens is 1. The number of hydrogen-bond donors (Lipinski definition) is 1. The van der Waals surface area contributed by atoms with Crippen molar-refractivity contribution in [1.29, 1.82) is 5.26 Å². The lowest BCUT2D eigenvalue weighted by molar-refractivity contribution is 0.795. The number of nitriles is 1. The average molecular weight is 265 g/mol. The van der Waals surface area contributed by atoms with Crippen LogP contribution in [-0.4, -0.2) is 12.0 Å². The zero-order valence-corrected chi connectivity index (χ0v) is 12.0. The largest absolute Gasteiger partial charge is 0.372 e. The fraction of sp³-hybridized carbons (Fsp3) is 0.294. The normalized spacial score (nSPS) is 10.1. The van der Waals surface area contributed by atoms with Crippen LogP contribution in [-0.2, 0) is 6.42 Å². The Bertz CT molecular complexity index is 609. The third-order valence-corrected chi connectivity index (χ3v) is 3.32. The van der Waals surface area contributed by atoms with E-state index >= 15 is 0 Å². The molecule has 3 heteroatoms. The molecule has 0 aliphatic carbocycles. The summed E-state index contributed by atoms with van der Waals surface area (Å²) in [4.78, 5) is 4.49. The van der Waals surface area contributed by atoms with Crippen LogP contribution < -0.4 is 5.32 Å². The highest BCUT2D eigenvalue weighted by Gasteiger charge is 2.05. The fourth-order valence-electron chi connectivity index (χ4n) is 2.12. The first kappa shape index (κ1) is 14.1. The smallest absolute Gasteiger partial charge is 0.144 e. The first-order valence-electron chi connectivity index (χ1n) is 6.96. The minimum absolute atomic E-state index is 0.566. The molecule has 0 radical (unpaired) electrons. The van der Waals surface area contributed by atoms with E-state index in [1.165, 1.54) is 18.4 Å². The van der Waals surface area contributed by atoms with E-state index in [0.717, 1.165) is 17.7 Å². The maximum absolute atomic E-state index is 9.00. The van der Waals surface area contributed by atoms with E-state index in [-0.39, 0.29) is 0 Å². The van der Waals surface area contributed by atoms with Gasteiger partial charge in [0.2, 0.25) is 0 Å². The molecule has 1 aromatic carbocycles. The van der Waals surface area contributed by atoms with E-state index in [9.17, 15) is 0 Å². The van der Waals surface area contributed by atoms with Crippen molar-refractivity contribution in [3.8, 4) is 17.3 Å². The Kier molecular flexibility index (Phi) is 4.73. The van der Waals surface area contributed by atoms with Crippen LogP contribution in [0.25, 0.3) is 11.3 Å². The Balaban J connectivity index is 2.25. The molecular weight excluding hydrogens is 246 g/mol. The van der Waals surface area contributed by atoms with Crippen molar-refractivity contribution in [1.82, 2.24) is 4.98 Å². The molecule has 1 heterocycles. The van der Waals surface area contributed by atoms with Gasteiger partial charge in [0.25, 0.3) is 0 Å². The molecule has 0 aliphatic heterocycles. The van der Waals surface area contributed by atoms with Gasteiger partial charge in [-0.15, -0.1) is 0 Å². The summed E-state index contributed by atoms with van der Waals surface area (Å²) in [5.41, 5.74) is 3.88. The number of aryl methyl sites for hydroxylation is 1. The van der Waals surface area contributed by atoms with Crippen LogP contribution in [0.4, 0.5) is 5.82 Å². The molecule has 20 heavy (non-hydrogen) atoms. The van der Waals surface area contributed by atoms with Gasteiger partial charge in [-0.2, -0.15) is 5.26 Å². The first-order chi connectivity index (χ1) is 9.78. The number of anilines is 1. The number of benzene rings is 1. The second-order valence-corrected chi connectivity index (χ2v) is 4.75. The van der Waals surface area contributed by atoms with Crippen LogP contribution in [0.1, 0.15) is 30.9 Å². The SMILES string of the molecule is CCCCc1ccc(-c2ccc(C#N)c(NC)n2)cc1. The maximum atomic E-state index is 9.00. The van der Waals surface area contributed by atoms with Gasteiger partial charge >= 0.3 is 0 Å². The molecule has 1 N–H and O–H groups in total. The van der Waals surface area contributed by atoms with Crippen LogP contribution in [0.15, 0.2) is 36.4 Å². The van der Waals surface area contributed by atoms with Crippen molar-refractivity contribution >= 4 is 5.82 Å². The highest BCUT2D eigenvalue weighted by molar-refractivity contribution is 5.64. The average Bonchev–Trinajstić information content (AvgIpc) is 2.52. The molecule has 0 spiro atoms. The lowest BCUT2D eigenvalue weighted by Crippen LogP contribution is -1.97. The van der Waals surface area contributed by atoms with Gasteiger partial charge in [0, 0.05) is 12.6 Å². The van der Waals surface area contributed by atoms with E-state index in [2.05, 4.69) is 47.6 Å². The molecule has 2 rings (SSSR count). The Morgan fingerprint density at radius 2 is 1.90 bits per heavy atom. The van der Waals surface area contributed by atoms with E-state index in [1.54, 1.807) is 13.1 Å². The molecule has 3 nitrogen and oxygen atoms in total. The standard InChI is InChI=1S/C17H19N3/c1-3-4-5-13-6-8-14(9-7-13)16-11-10-15(12-18)17(19-2)20-16/h6-11H,3-5H2,1-2H3,(H,19,20). The van der Waals surface area contributed by atoms with Crippen LogP contribution in [0.3, 0.4) is 0 Å². The molecule has 2 aromatic rings. The lowest BCUT2D eigenvalue weighted by atomic mass is 10.0. The Morgan fingerprint density at radius 1 is 1.15 bits per heavy atom. The topological polar surface area (TPSA) is 48.7 Å². The third-order valence-electron chi connectivity index (χ3n) is 3.32. The molecule has 0 saturated heterocycles. The zero-order chi connectivity index (χ0) is 14.4. The quantitative estimate of drug-likeness (QED) is 0.888. The highest BCUT2D eigenvalue weighted by Crippen LogP contribution is 2.22. The number of nitrogens with one attached hydrogen (secondary N) is 1. The van der Waals surface area contributed by atoms with Crippen molar-refractivity contribution in [2.24, 2.45) is 0 Å². The van der Waals surface area contributed by atoms with Crippen LogP contribution in [0.2, 0.25) is 0 Å². The van der Waals surface area contributed by atoms with Crippen molar-refractivity contribution < 1.29 is 0 Å². The molecular formula is C17H19N3. The van der Waals surface area contributed by atoms with Gasteiger partial charge in [-0.1, -0.05) is 37.6 Å². The minimum Gasteiger partial charge on any atom is -0.372 e. The second-order valence-electron chi connectivity index (χ2n) is 4.75. The van der Waals surface area contributed by atoms with Crippen LogP contribution in [0, 0.1) is 11.3 Å². The van der Waals surface area contributed by atoms with Crippen LogP contribution >= 0.6 is 0 Å². The summed E-state index contributed by atoms with van der Waals surface area (Å²) in [5, 5.41) is 12.0. The summed E-state index contributed by atoms with van der Waals surface area (Å²) in [6, 6.07) is 14.3. The summed E-state index contributed by atoms with van der Waals surface area (Å²) in [6.45, 7) is 2.20. The molecule has 0 unspecified atom stereocenters. The second kappa shape index (κ2) is 6.72. The predicted octanol–water partition coefficient (Wildman–Crippen LogP) is 4.00. The van der Waals surface area contributed by atoms with Gasteiger partial charge in [0.15, 0.2) is 0 Å². The molecule has 0 bridgehead atoms. The number of pyridine rings is 1. The molecule has 1 aromatic heterocycles. The minimum atomic E-state index is 0.566. The zero-order valence-electron chi connectivity index (χ0n) is 12.0. The number of rotatable bonds is 5. The van der Waals surface area contributed by atoms with Gasteiger partial charge in [-0.05, 0) is 30.5 Å². The molecule has 0 amide bonds. The van der Waals surface area contributed by atoms with Crippen LogP contribution in [0.5, 0.6) is 0 Å². The highest BCUT2D eigenvalue weighted by atomic mass is 15.0. The summed E-state index contributed by atoms with van der Waals surface area (Å²) in [5.74, 6) is 0.625. The molecule has 0 aliphatic rings. The molecule has 102 valence electrons. The summed E-state index contributed by atoms with van der Waals surface area (Å²) < 4.78 is 0. The molecule has 0 saturated carbocycles. The maximum Gasteiger partial charge on any atom is 0.144 e. The predicted molar refractivity (Wildman–Crippen MR) is 82.5 cm³/mol. The summed E-state index contributed by atoms with van der Waals surface area (Å²) >= 11 is 0. The number of hydrogen-bond acceptors (Lipinski definition) is 3.